The third kappa shape index (κ3) is 3.94. The second-order valence-corrected chi connectivity index (χ2v) is 7.31. The first-order valence-corrected chi connectivity index (χ1v) is 8.24. The summed E-state index contributed by atoms with van der Waals surface area (Å²) in [5.41, 5.74) is 6.68. The van der Waals surface area contributed by atoms with Gasteiger partial charge in [0.15, 0.2) is 0 Å². The Bertz CT molecular complexity index is 512. The first-order chi connectivity index (χ1) is 9.32. The summed E-state index contributed by atoms with van der Waals surface area (Å²) in [6.07, 6.45) is 0. The molecule has 0 aliphatic carbocycles. The van der Waals surface area contributed by atoms with Gasteiger partial charge in [-0.25, -0.2) is 12.7 Å². The molecule has 1 aromatic rings. The Morgan fingerprint density at radius 1 is 1.20 bits per heavy atom. The Labute approximate surface area is 122 Å². The fourth-order valence-electron chi connectivity index (χ4n) is 1.91. The van der Waals surface area contributed by atoms with Crippen LogP contribution in [0.5, 0.6) is 0 Å². The van der Waals surface area contributed by atoms with Crippen LogP contribution in [0.25, 0.3) is 0 Å². The Kier molecular flexibility index (Phi) is 5.98. The van der Waals surface area contributed by atoms with Crippen molar-refractivity contribution in [3.63, 3.8) is 0 Å². The van der Waals surface area contributed by atoms with Gasteiger partial charge >= 0.3 is 0 Å². The molecule has 2 N–H and O–H groups in total. The summed E-state index contributed by atoms with van der Waals surface area (Å²) in [5.74, 6) is 0.403. The highest BCUT2D eigenvalue weighted by molar-refractivity contribution is 7.89. The van der Waals surface area contributed by atoms with Crippen molar-refractivity contribution in [1.82, 2.24) is 4.31 Å². The summed E-state index contributed by atoms with van der Waals surface area (Å²) >= 11 is 0. The third-order valence-corrected chi connectivity index (χ3v) is 5.13. The molecule has 1 rings (SSSR count). The average Bonchev–Trinajstić information content (AvgIpc) is 2.44. The van der Waals surface area contributed by atoms with Crippen LogP contribution in [-0.2, 0) is 10.0 Å². The van der Waals surface area contributed by atoms with Gasteiger partial charge in [0, 0.05) is 32.9 Å². The number of hydrogen-bond donors (Lipinski definition) is 1. The van der Waals surface area contributed by atoms with E-state index in [1.54, 1.807) is 12.1 Å². The highest BCUT2D eigenvalue weighted by atomic mass is 32.2. The minimum Gasteiger partial charge on any atom is -0.371 e. The van der Waals surface area contributed by atoms with Gasteiger partial charge in [-0.2, -0.15) is 0 Å². The zero-order valence-corrected chi connectivity index (χ0v) is 13.5. The van der Waals surface area contributed by atoms with Crippen LogP contribution in [0.2, 0.25) is 0 Å². The first kappa shape index (κ1) is 16.9. The van der Waals surface area contributed by atoms with Crippen molar-refractivity contribution in [1.29, 1.82) is 0 Å². The normalized spacial score (nSPS) is 13.5. The van der Waals surface area contributed by atoms with Gasteiger partial charge in [0.05, 0.1) is 4.90 Å². The van der Waals surface area contributed by atoms with Gasteiger partial charge in [-0.3, -0.25) is 0 Å². The monoisotopic (exact) mass is 299 g/mol. The lowest BCUT2D eigenvalue weighted by atomic mass is 10.1. The number of rotatable bonds is 7. The molecule has 0 bridgehead atoms. The molecule has 0 spiro atoms. The number of benzene rings is 1. The number of nitrogens with zero attached hydrogens (tertiary/aromatic N) is 2. The van der Waals surface area contributed by atoms with E-state index in [1.165, 1.54) is 18.4 Å². The molecule has 20 heavy (non-hydrogen) atoms. The van der Waals surface area contributed by atoms with Gasteiger partial charge in [0.2, 0.25) is 10.0 Å². The molecule has 0 aliphatic heterocycles. The molecule has 0 aliphatic rings. The number of hydrogen-bond acceptors (Lipinski definition) is 4. The van der Waals surface area contributed by atoms with E-state index in [9.17, 15) is 8.42 Å². The van der Waals surface area contributed by atoms with Crippen LogP contribution in [0.4, 0.5) is 5.69 Å². The highest BCUT2D eigenvalue weighted by Crippen LogP contribution is 2.20. The SMILES string of the molecule is CCN(CC(C)CN)c1ccc(S(=O)(=O)N(C)C)cc1. The molecule has 1 atom stereocenters. The van der Waals surface area contributed by atoms with Crippen LogP contribution >= 0.6 is 0 Å². The molecule has 0 fully saturated rings. The Morgan fingerprint density at radius 2 is 1.75 bits per heavy atom. The molecule has 5 nitrogen and oxygen atoms in total. The van der Waals surface area contributed by atoms with Crippen LogP contribution < -0.4 is 10.6 Å². The summed E-state index contributed by atoms with van der Waals surface area (Å²) < 4.78 is 25.2. The predicted octanol–water partition coefficient (Wildman–Crippen LogP) is 1.36. The van der Waals surface area contributed by atoms with Crippen molar-refractivity contribution < 1.29 is 8.42 Å². The van der Waals surface area contributed by atoms with Crippen molar-refractivity contribution in [3.05, 3.63) is 24.3 Å². The molecule has 114 valence electrons. The topological polar surface area (TPSA) is 66.6 Å². The fraction of sp³-hybridized carbons (Fsp3) is 0.571. The van der Waals surface area contributed by atoms with Crippen LogP contribution in [0.1, 0.15) is 13.8 Å². The molecule has 0 saturated carbocycles. The summed E-state index contributed by atoms with van der Waals surface area (Å²) in [7, 11) is -0.294. The molecule has 1 unspecified atom stereocenters. The van der Waals surface area contributed by atoms with Crippen molar-refractivity contribution in [2.75, 3.05) is 38.6 Å². The van der Waals surface area contributed by atoms with Gasteiger partial charge in [-0.1, -0.05) is 6.92 Å². The molecular weight excluding hydrogens is 274 g/mol. The van der Waals surface area contributed by atoms with E-state index in [0.29, 0.717) is 17.4 Å². The van der Waals surface area contributed by atoms with E-state index >= 15 is 0 Å². The standard InChI is InChI=1S/C14H25N3O2S/c1-5-17(11-12(2)10-15)13-6-8-14(9-7-13)20(18,19)16(3)4/h6-9,12H,5,10-11,15H2,1-4H3. The number of nitrogens with two attached hydrogens (primary N) is 1. The molecule has 1 aromatic carbocycles. The fourth-order valence-corrected chi connectivity index (χ4v) is 2.81. The van der Waals surface area contributed by atoms with Crippen molar-refractivity contribution in [3.8, 4) is 0 Å². The van der Waals surface area contributed by atoms with Crippen molar-refractivity contribution in [2.24, 2.45) is 11.7 Å². The minimum absolute atomic E-state index is 0.314. The molecule has 6 heteroatoms. The maximum absolute atomic E-state index is 12.0. The largest absolute Gasteiger partial charge is 0.371 e. The molecule has 0 aromatic heterocycles. The zero-order chi connectivity index (χ0) is 15.3. The highest BCUT2D eigenvalue weighted by Gasteiger charge is 2.17. The van der Waals surface area contributed by atoms with Gasteiger partial charge in [0.1, 0.15) is 0 Å². The summed E-state index contributed by atoms with van der Waals surface area (Å²) in [6.45, 7) is 6.56. The van der Waals surface area contributed by atoms with E-state index in [0.717, 1.165) is 18.8 Å². The molecular formula is C14H25N3O2S. The second-order valence-electron chi connectivity index (χ2n) is 5.16. The van der Waals surface area contributed by atoms with Gasteiger partial charge < -0.3 is 10.6 Å². The maximum atomic E-state index is 12.0. The smallest absolute Gasteiger partial charge is 0.242 e. The molecule has 0 saturated heterocycles. The van der Waals surface area contributed by atoms with E-state index in [-0.39, 0.29) is 0 Å². The lowest BCUT2D eigenvalue weighted by Gasteiger charge is -2.26. The van der Waals surface area contributed by atoms with Crippen LogP contribution in [0.15, 0.2) is 29.2 Å². The first-order valence-electron chi connectivity index (χ1n) is 6.80. The lowest BCUT2D eigenvalue weighted by molar-refractivity contribution is 0.520. The van der Waals surface area contributed by atoms with E-state index in [4.69, 9.17) is 5.73 Å². The molecule has 0 radical (unpaired) electrons. The van der Waals surface area contributed by atoms with Gasteiger partial charge in [-0.15, -0.1) is 0 Å². The quantitative estimate of drug-likeness (QED) is 0.825. The Morgan fingerprint density at radius 3 is 2.15 bits per heavy atom. The Hall–Kier alpha value is -1.11. The zero-order valence-electron chi connectivity index (χ0n) is 12.7. The van der Waals surface area contributed by atoms with E-state index in [1.807, 2.05) is 12.1 Å². The number of sulfonamides is 1. The van der Waals surface area contributed by atoms with Gasteiger partial charge in [-0.05, 0) is 43.7 Å². The summed E-state index contributed by atoms with van der Waals surface area (Å²) in [4.78, 5) is 2.51. The van der Waals surface area contributed by atoms with Crippen LogP contribution in [-0.4, -0.2) is 46.5 Å². The maximum Gasteiger partial charge on any atom is 0.242 e. The van der Waals surface area contributed by atoms with E-state index in [2.05, 4.69) is 18.7 Å². The third-order valence-electron chi connectivity index (χ3n) is 3.30. The summed E-state index contributed by atoms with van der Waals surface area (Å²) in [5, 5.41) is 0. The van der Waals surface area contributed by atoms with Crippen molar-refractivity contribution >= 4 is 15.7 Å². The molecule has 0 amide bonds. The van der Waals surface area contributed by atoms with Crippen molar-refractivity contribution in [2.45, 2.75) is 18.7 Å². The van der Waals surface area contributed by atoms with Gasteiger partial charge in [0.25, 0.3) is 0 Å². The predicted molar refractivity (Wildman–Crippen MR) is 83.4 cm³/mol. The van der Waals surface area contributed by atoms with Crippen LogP contribution in [0.3, 0.4) is 0 Å². The second kappa shape index (κ2) is 7.06. The average molecular weight is 299 g/mol. The van der Waals surface area contributed by atoms with E-state index < -0.39 is 10.0 Å². The molecule has 0 heterocycles. The summed E-state index contributed by atoms with van der Waals surface area (Å²) in [6, 6.07) is 7.01. The Balaban J connectivity index is 2.95. The lowest BCUT2D eigenvalue weighted by Crippen LogP contribution is -2.31. The number of anilines is 1. The van der Waals surface area contributed by atoms with Crippen LogP contribution in [0, 0.1) is 5.92 Å². The minimum atomic E-state index is -3.36.